The van der Waals surface area contributed by atoms with Crippen molar-refractivity contribution >= 4 is 34.3 Å². The lowest BCUT2D eigenvalue weighted by Crippen LogP contribution is -2.09. The van der Waals surface area contributed by atoms with Gasteiger partial charge in [0.1, 0.15) is 23.0 Å². The van der Waals surface area contributed by atoms with E-state index in [1.54, 1.807) is 48.5 Å². The highest BCUT2D eigenvalue weighted by Crippen LogP contribution is 2.24. The largest absolute Gasteiger partial charge is 0.494 e. The lowest BCUT2D eigenvalue weighted by molar-refractivity contribution is 0.0894. The van der Waals surface area contributed by atoms with Crippen LogP contribution in [0, 0.1) is 0 Å². The van der Waals surface area contributed by atoms with Crippen molar-refractivity contribution in [1.29, 1.82) is 0 Å². The number of ketones is 2. The van der Waals surface area contributed by atoms with E-state index in [2.05, 4.69) is 20.5 Å². The van der Waals surface area contributed by atoms with Crippen molar-refractivity contribution in [1.82, 2.24) is 0 Å². The molecule has 6 rings (SSSR count). The van der Waals surface area contributed by atoms with Crippen LogP contribution in [-0.2, 0) is 0 Å². The molecule has 0 saturated heterocycles. The molecule has 0 aromatic heterocycles. The van der Waals surface area contributed by atoms with Crippen LogP contribution in [0.4, 0.5) is 22.7 Å². The van der Waals surface area contributed by atoms with E-state index in [1.165, 1.54) is 0 Å². The number of nitrogens with zero attached hydrogens (tertiary/aromatic N) is 4. The second-order valence-corrected chi connectivity index (χ2v) is 14.4. The number of unbranched alkanes of at least 4 members (excludes halogenated alkanes) is 6. The van der Waals surface area contributed by atoms with Gasteiger partial charge in [0.15, 0.2) is 11.6 Å². The number of carbonyl (C=O) groups is 2. The van der Waals surface area contributed by atoms with Gasteiger partial charge in [0.25, 0.3) is 0 Å². The first kappa shape index (κ1) is 43.6. The summed E-state index contributed by atoms with van der Waals surface area (Å²) in [7, 11) is 0. The van der Waals surface area contributed by atoms with Crippen molar-refractivity contribution in [3.05, 3.63) is 169 Å². The first-order chi connectivity index (χ1) is 30.1. The van der Waals surface area contributed by atoms with Gasteiger partial charge < -0.3 is 18.9 Å². The van der Waals surface area contributed by atoms with Crippen molar-refractivity contribution in [2.75, 3.05) is 26.4 Å². The summed E-state index contributed by atoms with van der Waals surface area (Å²) < 4.78 is 23.5. The fraction of sp³-hybridized carbons (Fsp3) is 0.255. The van der Waals surface area contributed by atoms with E-state index in [-0.39, 0.29) is 18.0 Å². The highest BCUT2D eigenvalue weighted by Gasteiger charge is 2.14. The molecule has 0 unspecified atom stereocenters. The van der Waals surface area contributed by atoms with Crippen molar-refractivity contribution in [2.45, 2.75) is 57.8 Å². The molecule has 0 amide bonds. The van der Waals surface area contributed by atoms with Gasteiger partial charge in [-0.2, -0.15) is 20.5 Å². The Morgan fingerprint density at radius 1 is 0.311 bits per heavy atom. The molecule has 6 aromatic rings. The van der Waals surface area contributed by atoms with E-state index in [0.717, 1.165) is 85.6 Å². The van der Waals surface area contributed by atoms with Crippen LogP contribution in [0.15, 0.2) is 178 Å². The summed E-state index contributed by atoms with van der Waals surface area (Å²) in [5.41, 5.74) is 4.14. The van der Waals surface area contributed by atoms with Gasteiger partial charge in [0.2, 0.25) is 0 Å². The summed E-state index contributed by atoms with van der Waals surface area (Å²) in [6.07, 6.45) is 7.64. The monoisotopic (exact) mass is 816 g/mol. The van der Waals surface area contributed by atoms with Gasteiger partial charge in [0, 0.05) is 11.1 Å². The minimum Gasteiger partial charge on any atom is -0.494 e. The molecule has 6 aromatic carbocycles. The van der Waals surface area contributed by atoms with Gasteiger partial charge in [-0.3, -0.25) is 9.59 Å². The third-order valence-electron chi connectivity index (χ3n) is 9.57. The zero-order valence-corrected chi connectivity index (χ0v) is 34.4. The molecular formula is C51H52N4O6. The molecule has 312 valence electrons. The molecule has 0 bridgehead atoms. The van der Waals surface area contributed by atoms with Gasteiger partial charge in [0.05, 0.1) is 55.6 Å². The third-order valence-corrected chi connectivity index (χ3v) is 9.57. The van der Waals surface area contributed by atoms with E-state index >= 15 is 0 Å². The van der Waals surface area contributed by atoms with Crippen LogP contribution in [0.2, 0.25) is 0 Å². The van der Waals surface area contributed by atoms with Crippen LogP contribution in [-0.4, -0.2) is 38.0 Å². The molecule has 0 N–H and O–H groups in total. The minimum absolute atomic E-state index is 0.202. The number of hydrogen-bond donors (Lipinski definition) is 0. The molecule has 0 spiro atoms. The number of carbonyl (C=O) groups excluding carboxylic acids is 2. The van der Waals surface area contributed by atoms with Gasteiger partial charge in [-0.25, -0.2) is 0 Å². The number of rotatable bonds is 26. The van der Waals surface area contributed by atoms with Crippen LogP contribution in [0.3, 0.4) is 0 Å². The fourth-order valence-electron chi connectivity index (χ4n) is 6.14. The maximum absolute atomic E-state index is 12.9. The number of azo groups is 2. The molecule has 0 heterocycles. The maximum Gasteiger partial charge on any atom is 0.170 e. The predicted octanol–water partition coefficient (Wildman–Crippen LogP) is 14.0. The molecule has 10 nitrogen and oxygen atoms in total. The number of Topliss-reactive ketones (excluding diaryl/α,β-unsaturated/α-hetero) is 2. The predicted molar refractivity (Wildman–Crippen MR) is 239 cm³/mol. The molecule has 61 heavy (non-hydrogen) atoms. The smallest absolute Gasteiger partial charge is 0.170 e. The molecule has 0 radical (unpaired) electrons. The quantitative estimate of drug-likeness (QED) is 0.0233. The standard InChI is InChI=1S/C51H52N4O6/c56-50(40-19-27-46(28-20-40)58-35-11-1-3-13-37-60-48-31-23-44(24-32-48)54-52-42-15-7-5-8-16-42)39-51(57)41-21-29-47(30-22-41)59-36-12-2-4-14-38-61-49-33-25-45(26-34-49)55-53-43-17-9-6-10-18-43/h5-10,15-34H,1-4,11-14,35-39H2. The first-order valence-corrected chi connectivity index (χ1v) is 21.0. The molecule has 0 aliphatic rings. The summed E-state index contributed by atoms with van der Waals surface area (Å²) in [5.74, 6) is 2.57. The molecular weight excluding hydrogens is 765 g/mol. The second-order valence-electron chi connectivity index (χ2n) is 14.4. The Bertz CT molecular complexity index is 2080. The summed E-state index contributed by atoms with van der Waals surface area (Å²) >= 11 is 0. The Morgan fingerprint density at radius 2 is 0.574 bits per heavy atom. The third kappa shape index (κ3) is 16.0. The Hall–Kier alpha value is -6.94. The Labute approximate surface area is 358 Å². The Kier molecular flexibility index (Phi) is 17.8. The highest BCUT2D eigenvalue weighted by atomic mass is 16.5. The highest BCUT2D eigenvalue weighted by molar-refractivity contribution is 6.13. The molecule has 0 atom stereocenters. The van der Waals surface area contributed by atoms with Crippen molar-refractivity contribution in [2.24, 2.45) is 20.5 Å². The maximum atomic E-state index is 12.9. The molecule has 0 aliphatic carbocycles. The Morgan fingerprint density at radius 3 is 0.869 bits per heavy atom. The number of ether oxygens (including phenoxy) is 4. The lowest BCUT2D eigenvalue weighted by atomic mass is 10.0. The van der Waals surface area contributed by atoms with Crippen molar-refractivity contribution < 1.29 is 28.5 Å². The molecule has 0 aliphatic heterocycles. The normalized spacial score (nSPS) is 11.1. The van der Waals surface area contributed by atoms with Crippen LogP contribution >= 0.6 is 0 Å². The van der Waals surface area contributed by atoms with Crippen LogP contribution in [0.1, 0.15) is 78.5 Å². The van der Waals surface area contributed by atoms with Crippen LogP contribution < -0.4 is 18.9 Å². The fourth-order valence-corrected chi connectivity index (χ4v) is 6.14. The average molecular weight is 817 g/mol. The van der Waals surface area contributed by atoms with E-state index < -0.39 is 0 Å². The van der Waals surface area contributed by atoms with Gasteiger partial charge in [-0.1, -0.05) is 36.4 Å². The number of hydrogen-bond acceptors (Lipinski definition) is 10. The number of benzene rings is 6. The van der Waals surface area contributed by atoms with Crippen molar-refractivity contribution in [3.63, 3.8) is 0 Å². The Balaban J connectivity index is 0.766. The first-order valence-electron chi connectivity index (χ1n) is 21.0. The topological polar surface area (TPSA) is 121 Å². The molecule has 10 heteroatoms. The summed E-state index contributed by atoms with van der Waals surface area (Å²) in [5, 5.41) is 17.0. The minimum atomic E-state index is -0.228. The molecule has 0 fully saturated rings. The summed E-state index contributed by atoms with van der Waals surface area (Å²) in [4.78, 5) is 25.7. The zero-order chi connectivity index (χ0) is 42.2. The summed E-state index contributed by atoms with van der Waals surface area (Å²) in [6.45, 7) is 2.46. The average Bonchev–Trinajstić information content (AvgIpc) is 3.31. The summed E-state index contributed by atoms with van der Waals surface area (Å²) in [6, 6.07) is 48.5. The van der Waals surface area contributed by atoms with E-state index in [0.29, 0.717) is 49.1 Å². The van der Waals surface area contributed by atoms with E-state index in [4.69, 9.17) is 18.9 Å². The van der Waals surface area contributed by atoms with E-state index in [1.807, 2.05) is 109 Å². The van der Waals surface area contributed by atoms with Gasteiger partial charge in [-0.15, -0.1) is 0 Å². The molecule has 0 saturated carbocycles. The van der Waals surface area contributed by atoms with Gasteiger partial charge in [-0.05, 0) is 173 Å². The SMILES string of the molecule is O=C(CC(=O)c1ccc(OCCCCCCOc2ccc(N=Nc3ccccc3)cc2)cc1)c1ccc(OCCCCCCOc2ccc(N=Nc3ccccc3)cc2)cc1. The van der Waals surface area contributed by atoms with Gasteiger partial charge >= 0.3 is 0 Å². The van der Waals surface area contributed by atoms with E-state index in [9.17, 15) is 9.59 Å². The zero-order valence-electron chi connectivity index (χ0n) is 34.4. The van der Waals surface area contributed by atoms with Crippen LogP contribution in [0.5, 0.6) is 23.0 Å². The van der Waals surface area contributed by atoms with Crippen LogP contribution in [0.25, 0.3) is 0 Å². The second kappa shape index (κ2) is 24.9. The van der Waals surface area contributed by atoms with Crippen molar-refractivity contribution in [3.8, 4) is 23.0 Å². The lowest BCUT2D eigenvalue weighted by Gasteiger charge is -2.09.